The SMILES string of the molecule is Cc1nnc([C@@H]2CNC[C@H]2C)n1C(C)C. The minimum absolute atomic E-state index is 0.447. The van der Waals surface area contributed by atoms with Crippen LogP contribution in [0, 0.1) is 12.8 Å². The third-order valence-electron chi connectivity index (χ3n) is 3.26. The van der Waals surface area contributed by atoms with Gasteiger partial charge in [0.2, 0.25) is 0 Å². The van der Waals surface area contributed by atoms with Crippen molar-refractivity contribution in [3.8, 4) is 0 Å². The molecule has 0 amide bonds. The van der Waals surface area contributed by atoms with E-state index in [9.17, 15) is 0 Å². The van der Waals surface area contributed by atoms with Crippen molar-refractivity contribution < 1.29 is 0 Å². The number of aromatic nitrogens is 3. The maximum absolute atomic E-state index is 4.34. The van der Waals surface area contributed by atoms with Crippen LogP contribution in [-0.2, 0) is 0 Å². The second kappa shape index (κ2) is 3.93. The molecule has 1 saturated heterocycles. The molecule has 1 aliphatic heterocycles. The summed E-state index contributed by atoms with van der Waals surface area (Å²) >= 11 is 0. The fourth-order valence-corrected chi connectivity index (χ4v) is 2.43. The van der Waals surface area contributed by atoms with Crippen LogP contribution < -0.4 is 5.32 Å². The van der Waals surface area contributed by atoms with Crippen LogP contribution in [0.15, 0.2) is 0 Å². The number of rotatable bonds is 2. The summed E-state index contributed by atoms with van der Waals surface area (Å²) in [6.45, 7) is 10.8. The highest BCUT2D eigenvalue weighted by Gasteiger charge is 2.30. The van der Waals surface area contributed by atoms with Gasteiger partial charge in [0, 0.05) is 18.5 Å². The number of nitrogens with one attached hydrogen (secondary N) is 1. The van der Waals surface area contributed by atoms with Gasteiger partial charge in [0.15, 0.2) is 0 Å². The van der Waals surface area contributed by atoms with Crippen molar-refractivity contribution in [3.05, 3.63) is 11.6 Å². The first kappa shape index (κ1) is 10.6. The smallest absolute Gasteiger partial charge is 0.137 e. The van der Waals surface area contributed by atoms with Crippen molar-refractivity contribution >= 4 is 0 Å². The number of aryl methyl sites for hydroxylation is 1. The van der Waals surface area contributed by atoms with Crippen molar-refractivity contribution in [1.29, 1.82) is 0 Å². The highest BCUT2D eigenvalue weighted by molar-refractivity contribution is 5.07. The summed E-state index contributed by atoms with van der Waals surface area (Å²) in [6.07, 6.45) is 0. The molecule has 2 heterocycles. The lowest BCUT2D eigenvalue weighted by molar-refractivity contribution is 0.480. The van der Waals surface area contributed by atoms with Gasteiger partial charge in [-0.3, -0.25) is 0 Å². The average Bonchev–Trinajstić information content (AvgIpc) is 2.71. The lowest BCUT2D eigenvalue weighted by Crippen LogP contribution is -2.17. The molecule has 2 rings (SSSR count). The quantitative estimate of drug-likeness (QED) is 0.800. The van der Waals surface area contributed by atoms with Crippen LogP contribution in [0.1, 0.15) is 44.4 Å². The molecule has 15 heavy (non-hydrogen) atoms. The van der Waals surface area contributed by atoms with Gasteiger partial charge in [-0.2, -0.15) is 0 Å². The van der Waals surface area contributed by atoms with Crippen LogP contribution in [0.5, 0.6) is 0 Å². The second-order valence-electron chi connectivity index (χ2n) is 4.81. The van der Waals surface area contributed by atoms with Crippen LogP contribution in [-0.4, -0.2) is 27.9 Å². The van der Waals surface area contributed by atoms with Crippen LogP contribution in [0.2, 0.25) is 0 Å². The zero-order valence-electron chi connectivity index (χ0n) is 9.99. The van der Waals surface area contributed by atoms with E-state index in [1.807, 2.05) is 6.92 Å². The first-order chi connectivity index (χ1) is 7.11. The molecule has 4 heteroatoms. The molecule has 1 aliphatic rings. The molecule has 0 aliphatic carbocycles. The molecule has 0 radical (unpaired) electrons. The first-order valence-electron chi connectivity index (χ1n) is 5.73. The van der Waals surface area contributed by atoms with Crippen molar-refractivity contribution in [1.82, 2.24) is 20.1 Å². The van der Waals surface area contributed by atoms with E-state index in [0.29, 0.717) is 17.9 Å². The van der Waals surface area contributed by atoms with Gasteiger partial charge >= 0.3 is 0 Å². The van der Waals surface area contributed by atoms with Gasteiger partial charge in [-0.05, 0) is 33.2 Å². The molecule has 0 saturated carbocycles. The van der Waals surface area contributed by atoms with Gasteiger partial charge in [0.05, 0.1) is 0 Å². The maximum Gasteiger partial charge on any atom is 0.137 e. The summed E-state index contributed by atoms with van der Waals surface area (Å²) in [5, 5.41) is 12.0. The van der Waals surface area contributed by atoms with E-state index in [-0.39, 0.29) is 0 Å². The molecule has 0 unspecified atom stereocenters. The van der Waals surface area contributed by atoms with Crippen molar-refractivity contribution in [2.45, 2.75) is 39.7 Å². The minimum atomic E-state index is 0.447. The Kier molecular flexibility index (Phi) is 2.78. The fraction of sp³-hybridized carbons (Fsp3) is 0.818. The molecule has 2 atom stereocenters. The Labute approximate surface area is 91.1 Å². The van der Waals surface area contributed by atoms with E-state index in [2.05, 4.69) is 40.9 Å². The molecule has 4 nitrogen and oxygen atoms in total. The summed E-state index contributed by atoms with van der Waals surface area (Å²) in [7, 11) is 0. The molecule has 0 bridgehead atoms. The molecular weight excluding hydrogens is 188 g/mol. The molecule has 0 spiro atoms. The van der Waals surface area contributed by atoms with Gasteiger partial charge in [-0.15, -0.1) is 10.2 Å². The van der Waals surface area contributed by atoms with Crippen molar-refractivity contribution in [2.75, 3.05) is 13.1 Å². The standard InChI is InChI=1S/C11H20N4/c1-7(2)15-9(4)13-14-11(15)10-6-12-5-8(10)3/h7-8,10,12H,5-6H2,1-4H3/t8-,10-/m1/s1. The van der Waals surface area contributed by atoms with E-state index in [1.54, 1.807) is 0 Å². The van der Waals surface area contributed by atoms with E-state index in [4.69, 9.17) is 0 Å². The summed E-state index contributed by atoms with van der Waals surface area (Å²) in [6, 6.07) is 0.447. The Hall–Kier alpha value is -0.900. The maximum atomic E-state index is 4.34. The van der Waals surface area contributed by atoms with Crippen LogP contribution in [0.4, 0.5) is 0 Å². The Bertz CT molecular complexity index is 342. The zero-order chi connectivity index (χ0) is 11.0. The summed E-state index contributed by atoms with van der Waals surface area (Å²) in [4.78, 5) is 0. The fourth-order valence-electron chi connectivity index (χ4n) is 2.43. The molecule has 1 aromatic rings. The first-order valence-corrected chi connectivity index (χ1v) is 5.73. The number of hydrogen-bond donors (Lipinski definition) is 1. The van der Waals surface area contributed by atoms with Gasteiger partial charge in [-0.1, -0.05) is 6.92 Å². The third-order valence-corrected chi connectivity index (χ3v) is 3.26. The lowest BCUT2D eigenvalue weighted by atomic mass is 9.97. The van der Waals surface area contributed by atoms with E-state index in [1.165, 1.54) is 0 Å². The zero-order valence-corrected chi connectivity index (χ0v) is 9.99. The highest BCUT2D eigenvalue weighted by atomic mass is 15.3. The van der Waals surface area contributed by atoms with Crippen LogP contribution >= 0.6 is 0 Å². The third kappa shape index (κ3) is 1.78. The lowest BCUT2D eigenvalue weighted by Gasteiger charge is -2.18. The molecule has 84 valence electrons. The Morgan fingerprint density at radius 2 is 2.07 bits per heavy atom. The molecule has 0 aromatic carbocycles. The summed E-state index contributed by atoms with van der Waals surface area (Å²) in [5.74, 6) is 3.36. The van der Waals surface area contributed by atoms with E-state index in [0.717, 1.165) is 24.7 Å². The summed E-state index contributed by atoms with van der Waals surface area (Å²) in [5.41, 5.74) is 0. The topological polar surface area (TPSA) is 42.7 Å². The number of hydrogen-bond acceptors (Lipinski definition) is 3. The average molecular weight is 208 g/mol. The largest absolute Gasteiger partial charge is 0.316 e. The monoisotopic (exact) mass is 208 g/mol. The molecule has 1 N–H and O–H groups in total. The molecule has 1 aromatic heterocycles. The van der Waals surface area contributed by atoms with E-state index < -0.39 is 0 Å². The molecule has 1 fully saturated rings. The van der Waals surface area contributed by atoms with Gasteiger partial charge < -0.3 is 9.88 Å². The Morgan fingerprint density at radius 3 is 2.60 bits per heavy atom. The number of nitrogens with zero attached hydrogens (tertiary/aromatic N) is 3. The second-order valence-corrected chi connectivity index (χ2v) is 4.81. The van der Waals surface area contributed by atoms with Gasteiger partial charge in [-0.25, -0.2) is 0 Å². The Balaban J connectivity index is 2.35. The van der Waals surface area contributed by atoms with Crippen LogP contribution in [0.25, 0.3) is 0 Å². The highest BCUT2D eigenvalue weighted by Crippen LogP contribution is 2.28. The molecular formula is C11H20N4. The van der Waals surface area contributed by atoms with Gasteiger partial charge in [0.25, 0.3) is 0 Å². The predicted octanol–water partition coefficient (Wildman–Crippen LogP) is 1.49. The van der Waals surface area contributed by atoms with Crippen molar-refractivity contribution in [3.63, 3.8) is 0 Å². The van der Waals surface area contributed by atoms with Crippen LogP contribution in [0.3, 0.4) is 0 Å². The normalized spacial score (nSPS) is 26.5. The van der Waals surface area contributed by atoms with Crippen molar-refractivity contribution in [2.24, 2.45) is 5.92 Å². The van der Waals surface area contributed by atoms with E-state index >= 15 is 0 Å². The predicted molar refractivity (Wildman–Crippen MR) is 59.9 cm³/mol. The van der Waals surface area contributed by atoms with Gasteiger partial charge in [0.1, 0.15) is 11.6 Å². The minimum Gasteiger partial charge on any atom is -0.316 e. The Morgan fingerprint density at radius 1 is 1.33 bits per heavy atom. The summed E-state index contributed by atoms with van der Waals surface area (Å²) < 4.78 is 2.26.